The van der Waals surface area contributed by atoms with Crippen LogP contribution >= 0.6 is 0 Å². The van der Waals surface area contributed by atoms with E-state index in [-0.39, 0.29) is 5.41 Å². The van der Waals surface area contributed by atoms with Crippen molar-refractivity contribution >= 4 is 0 Å². The monoisotopic (exact) mass is 371 g/mol. The Morgan fingerprint density at radius 2 is 2.15 bits per heavy atom. The van der Waals surface area contributed by atoms with Gasteiger partial charge in [0, 0.05) is 12.1 Å². The molecule has 148 valence electrons. The zero-order chi connectivity index (χ0) is 19.3. The van der Waals surface area contributed by atoms with Gasteiger partial charge in [0.15, 0.2) is 0 Å². The highest BCUT2D eigenvalue weighted by molar-refractivity contribution is 5.34. The van der Waals surface area contributed by atoms with Crippen molar-refractivity contribution in [2.45, 2.75) is 65.3 Å². The number of hydrogen-bond donors (Lipinski definition) is 0. The molecule has 1 unspecified atom stereocenters. The highest BCUT2D eigenvalue weighted by Gasteiger charge is 2.25. The van der Waals surface area contributed by atoms with Crippen molar-refractivity contribution in [3.05, 3.63) is 30.4 Å². The molecule has 3 heterocycles. The van der Waals surface area contributed by atoms with Crippen molar-refractivity contribution in [3.63, 3.8) is 0 Å². The van der Waals surface area contributed by atoms with Crippen molar-refractivity contribution in [2.24, 2.45) is 5.41 Å². The fourth-order valence-electron chi connectivity index (χ4n) is 3.52. The van der Waals surface area contributed by atoms with Gasteiger partial charge in [0.25, 0.3) is 0 Å². The van der Waals surface area contributed by atoms with Gasteiger partial charge in [-0.05, 0) is 38.3 Å². The lowest BCUT2D eigenvalue weighted by molar-refractivity contribution is 0.0767. The Morgan fingerprint density at radius 3 is 2.81 bits per heavy atom. The standard InChI is InChI=1S/C21H33N5O/c1-5-7-9-21(3,6-2)12-17-15-26(24-23-17)19-11-20(14-22-13-19)27-16-18-8-10-25(18)4/h11,13-15,18H,5-10,12,16H2,1-4H3/t18-,21?/m0/s1. The van der Waals surface area contributed by atoms with Gasteiger partial charge in [-0.2, -0.15) is 0 Å². The molecule has 6 heteroatoms. The molecule has 1 aliphatic rings. The largest absolute Gasteiger partial charge is 0.490 e. The second-order valence-electron chi connectivity index (χ2n) is 8.21. The van der Waals surface area contributed by atoms with E-state index < -0.39 is 0 Å². The van der Waals surface area contributed by atoms with Gasteiger partial charge in [-0.3, -0.25) is 9.88 Å². The number of unbranched alkanes of at least 4 members (excludes halogenated alkanes) is 1. The Labute approximate surface area is 162 Å². The first kappa shape index (κ1) is 19.8. The molecule has 0 radical (unpaired) electrons. The second kappa shape index (κ2) is 8.83. The van der Waals surface area contributed by atoms with Crippen molar-refractivity contribution in [2.75, 3.05) is 20.2 Å². The summed E-state index contributed by atoms with van der Waals surface area (Å²) in [5, 5.41) is 8.73. The molecular weight excluding hydrogens is 338 g/mol. The lowest BCUT2D eigenvalue weighted by atomic mass is 9.78. The van der Waals surface area contributed by atoms with E-state index in [1.807, 2.05) is 12.3 Å². The Kier molecular flexibility index (Phi) is 6.47. The number of pyridine rings is 1. The van der Waals surface area contributed by atoms with E-state index in [0.717, 1.165) is 36.5 Å². The highest BCUT2D eigenvalue weighted by atomic mass is 16.5. The molecule has 2 atom stereocenters. The van der Waals surface area contributed by atoms with Crippen molar-refractivity contribution < 1.29 is 4.74 Å². The molecule has 1 saturated heterocycles. The summed E-state index contributed by atoms with van der Waals surface area (Å²) in [7, 11) is 2.13. The molecule has 2 aromatic rings. The van der Waals surface area contributed by atoms with Crippen LogP contribution in [0.15, 0.2) is 24.7 Å². The van der Waals surface area contributed by atoms with Crippen LogP contribution in [0.25, 0.3) is 5.69 Å². The molecule has 0 aromatic carbocycles. The van der Waals surface area contributed by atoms with Crippen LogP contribution in [0.4, 0.5) is 0 Å². The van der Waals surface area contributed by atoms with Crippen LogP contribution in [-0.4, -0.2) is 51.1 Å². The fraction of sp³-hybridized carbons (Fsp3) is 0.667. The smallest absolute Gasteiger partial charge is 0.139 e. The van der Waals surface area contributed by atoms with E-state index in [9.17, 15) is 0 Å². The first-order chi connectivity index (χ1) is 13.0. The summed E-state index contributed by atoms with van der Waals surface area (Å²) in [6, 6.07) is 2.50. The first-order valence-corrected chi connectivity index (χ1v) is 10.2. The highest BCUT2D eigenvalue weighted by Crippen LogP contribution is 2.32. The number of hydrogen-bond acceptors (Lipinski definition) is 5. The molecule has 1 fully saturated rings. The Balaban J connectivity index is 1.64. The summed E-state index contributed by atoms with van der Waals surface area (Å²) in [5.41, 5.74) is 2.22. The third kappa shape index (κ3) is 5.06. The normalized spacial score (nSPS) is 19.5. The first-order valence-electron chi connectivity index (χ1n) is 10.2. The van der Waals surface area contributed by atoms with E-state index >= 15 is 0 Å². The molecule has 2 aromatic heterocycles. The average Bonchev–Trinajstić information content (AvgIpc) is 3.14. The van der Waals surface area contributed by atoms with Crippen LogP contribution in [0.2, 0.25) is 0 Å². The zero-order valence-electron chi connectivity index (χ0n) is 17.2. The summed E-state index contributed by atoms with van der Waals surface area (Å²) in [5.74, 6) is 0.784. The number of ether oxygens (including phenoxy) is 1. The predicted octanol–water partition coefficient (Wildman–Crippen LogP) is 3.89. The van der Waals surface area contributed by atoms with Gasteiger partial charge in [-0.1, -0.05) is 45.2 Å². The summed E-state index contributed by atoms with van der Waals surface area (Å²) >= 11 is 0. The van der Waals surface area contributed by atoms with Gasteiger partial charge in [0.1, 0.15) is 12.4 Å². The molecule has 0 aliphatic carbocycles. The SMILES string of the molecule is CCCCC(C)(CC)Cc1cn(-c2cncc(OC[C@@H]3CCN3C)c2)nn1. The second-order valence-corrected chi connectivity index (χ2v) is 8.21. The summed E-state index contributed by atoms with van der Waals surface area (Å²) in [6.45, 7) is 8.73. The molecular formula is C21H33N5O. The molecule has 6 nitrogen and oxygen atoms in total. The van der Waals surface area contributed by atoms with Crippen molar-refractivity contribution in [3.8, 4) is 11.4 Å². The average molecular weight is 372 g/mol. The maximum atomic E-state index is 5.93. The maximum Gasteiger partial charge on any atom is 0.139 e. The van der Waals surface area contributed by atoms with Crippen LogP contribution < -0.4 is 4.74 Å². The van der Waals surface area contributed by atoms with Crippen LogP contribution in [0, 0.1) is 5.41 Å². The molecule has 0 N–H and O–H groups in total. The lowest BCUT2D eigenvalue weighted by Crippen LogP contribution is -2.48. The number of likely N-dealkylation sites (N-methyl/N-ethyl adjacent to an activating group) is 1. The number of aromatic nitrogens is 4. The molecule has 0 saturated carbocycles. The maximum absolute atomic E-state index is 5.93. The number of nitrogens with zero attached hydrogens (tertiary/aromatic N) is 5. The van der Waals surface area contributed by atoms with Crippen LogP contribution in [-0.2, 0) is 6.42 Å². The molecule has 0 bridgehead atoms. The summed E-state index contributed by atoms with van der Waals surface area (Å²) in [6.07, 6.45) is 12.6. The minimum atomic E-state index is 0.287. The van der Waals surface area contributed by atoms with E-state index in [2.05, 4.69) is 48.0 Å². The van der Waals surface area contributed by atoms with E-state index in [1.54, 1.807) is 17.1 Å². The van der Waals surface area contributed by atoms with Gasteiger partial charge in [-0.25, -0.2) is 4.68 Å². The van der Waals surface area contributed by atoms with E-state index in [1.165, 1.54) is 25.7 Å². The zero-order valence-corrected chi connectivity index (χ0v) is 17.2. The predicted molar refractivity (Wildman–Crippen MR) is 107 cm³/mol. The Bertz CT molecular complexity index is 731. The molecule has 1 aliphatic heterocycles. The molecule has 0 amide bonds. The van der Waals surface area contributed by atoms with Crippen LogP contribution in [0.3, 0.4) is 0 Å². The topological polar surface area (TPSA) is 56.1 Å². The van der Waals surface area contributed by atoms with Gasteiger partial charge in [0.05, 0.1) is 30.0 Å². The quantitative estimate of drug-likeness (QED) is 0.634. The number of likely N-dealkylation sites (tertiary alicyclic amines) is 1. The summed E-state index contributed by atoms with van der Waals surface area (Å²) in [4.78, 5) is 6.62. The van der Waals surface area contributed by atoms with E-state index in [0.29, 0.717) is 12.6 Å². The minimum Gasteiger partial charge on any atom is -0.490 e. The van der Waals surface area contributed by atoms with Crippen LogP contribution in [0.1, 0.15) is 58.6 Å². The van der Waals surface area contributed by atoms with Gasteiger partial charge < -0.3 is 4.74 Å². The van der Waals surface area contributed by atoms with E-state index in [4.69, 9.17) is 4.74 Å². The van der Waals surface area contributed by atoms with Crippen molar-refractivity contribution in [1.29, 1.82) is 0 Å². The minimum absolute atomic E-state index is 0.287. The Morgan fingerprint density at radius 1 is 1.30 bits per heavy atom. The van der Waals surface area contributed by atoms with Crippen LogP contribution in [0.5, 0.6) is 5.75 Å². The van der Waals surface area contributed by atoms with Gasteiger partial charge in [-0.15, -0.1) is 5.10 Å². The molecule has 3 rings (SSSR count). The fourth-order valence-corrected chi connectivity index (χ4v) is 3.52. The van der Waals surface area contributed by atoms with Crippen molar-refractivity contribution in [1.82, 2.24) is 24.9 Å². The summed E-state index contributed by atoms with van der Waals surface area (Å²) < 4.78 is 7.73. The third-order valence-corrected chi connectivity index (χ3v) is 5.98. The Hall–Kier alpha value is -1.95. The van der Waals surface area contributed by atoms with Gasteiger partial charge in [0.2, 0.25) is 0 Å². The van der Waals surface area contributed by atoms with Gasteiger partial charge >= 0.3 is 0 Å². The number of rotatable bonds is 10. The molecule has 0 spiro atoms. The third-order valence-electron chi connectivity index (χ3n) is 5.98. The lowest BCUT2D eigenvalue weighted by Gasteiger charge is -2.37. The molecule has 27 heavy (non-hydrogen) atoms.